The first kappa shape index (κ1) is 13.1. The number of piperazine rings is 1. The zero-order chi connectivity index (χ0) is 13.2. The van der Waals surface area contributed by atoms with Crippen LogP contribution < -0.4 is 0 Å². The lowest BCUT2D eigenvalue weighted by Crippen LogP contribution is -2.48. The maximum Gasteiger partial charge on any atom is 0.0916 e. The van der Waals surface area contributed by atoms with Crippen LogP contribution in [0.3, 0.4) is 0 Å². The van der Waals surface area contributed by atoms with Crippen molar-refractivity contribution in [1.29, 1.82) is 0 Å². The van der Waals surface area contributed by atoms with Crippen molar-refractivity contribution in [2.45, 2.75) is 31.9 Å². The number of hydrogen-bond acceptors (Lipinski definition) is 3. The molecule has 1 saturated heterocycles. The molecule has 1 aromatic rings. The molecule has 0 aromatic heterocycles. The number of aliphatic hydroxyl groups excluding tert-OH is 1. The van der Waals surface area contributed by atoms with Crippen LogP contribution in [0.15, 0.2) is 24.3 Å². The summed E-state index contributed by atoms with van der Waals surface area (Å²) >= 11 is 0. The third-order valence-corrected chi connectivity index (χ3v) is 4.36. The number of rotatable bonds is 4. The first-order valence-electron chi connectivity index (χ1n) is 7.43. The molecule has 19 heavy (non-hydrogen) atoms. The normalized spacial score (nSPS) is 23.5. The van der Waals surface area contributed by atoms with Crippen LogP contribution in [0.1, 0.15) is 30.1 Å². The Bertz CT molecular complexity index is 405. The van der Waals surface area contributed by atoms with Gasteiger partial charge in [-0.15, -0.1) is 0 Å². The maximum atomic E-state index is 10.3. The van der Waals surface area contributed by atoms with Gasteiger partial charge in [0.05, 0.1) is 6.10 Å². The highest BCUT2D eigenvalue weighted by molar-refractivity contribution is 5.23. The predicted octanol–water partition coefficient (Wildman–Crippen LogP) is 1.81. The van der Waals surface area contributed by atoms with E-state index < -0.39 is 0 Å². The van der Waals surface area contributed by atoms with Crippen molar-refractivity contribution < 1.29 is 5.11 Å². The molecule has 0 bridgehead atoms. The van der Waals surface area contributed by atoms with E-state index in [2.05, 4.69) is 28.9 Å². The quantitative estimate of drug-likeness (QED) is 0.894. The van der Waals surface area contributed by atoms with Gasteiger partial charge in [-0.25, -0.2) is 0 Å². The van der Waals surface area contributed by atoms with E-state index in [1.54, 1.807) is 0 Å². The van der Waals surface area contributed by atoms with Gasteiger partial charge in [-0.2, -0.15) is 0 Å². The molecule has 0 spiro atoms. The number of hydrogen-bond donors (Lipinski definition) is 1. The lowest BCUT2D eigenvalue weighted by atomic mass is 10.1. The lowest BCUT2D eigenvalue weighted by molar-refractivity contribution is 0.0700. The minimum atomic E-state index is -0.354. The summed E-state index contributed by atoms with van der Waals surface area (Å²) in [6, 6.07) is 9.11. The van der Waals surface area contributed by atoms with Crippen molar-refractivity contribution in [3.05, 3.63) is 35.4 Å². The van der Waals surface area contributed by atoms with Crippen molar-refractivity contribution in [3.8, 4) is 0 Å². The second kappa shape index (κ2) is 5.61. The maximum absolute atomic E-state index is 10.3. The topological polar surface area (TPSA) is 26.7 Å². The summed E-state index contributed by atoms with van der Waals surface area (Å²) in [4.78, 5) is 5.00. The second-order valence-corrected chi connectivity index (χ2v) is 5.99. The Labute approximate surface area is 115 Å². The molecule has 1 unspecified atom stereocenters. The van der Waals surface area contributed by atoms with Gasteiger partial charge in [0.2, 0.25) is 0 Å². The highest BCUT2D eigenvalue weighted by Gasteiger charge is 2.31. The standard InChI is InChI=1S/C16H24N2O/c1-13-2-4-14(5-3-13)16(19)12-17-8-10-18(11-9-17)15-6-7-15/h2-5,15-16,19H,6-12H2,1H3. The molecule has 1 saturated carbocycles. The van der Waals surface area contributed by atoms with Crippen molar-refractivity contribution in [2.24, 2.45) is 0 Å². The molecule has 0 amide bonds. The summed E-state index contributed by atoms with van der Waals surface area (Å²) in [6.45, 7) is 7.38. The molecule has 1 aromatic carbocycles. The van der Waals surface area contributed by atoms with Crippen LogP contribution in [-0.2, 0) is 0 Å². The van der Waals surface area contributed by atoms with E-state index in [-0.39, 0.29) is 6.10 Å². The van der Waals surface area contributed by atoms with E-state index in [1.165, 1.54) is 31.5 Å². The van der Waals surface area contributed by atoms with Gasteiger partial charge in [0, 0.05) is 38.8 Å². The van der Waals surface area contributed by atoms with Gasteiger partial charge in [0.25, 0.3) is 0 Å². The molecular weight excluding hydrogens is 236 g/mol. The van der Waals surface area contributed by atoms with Crippen LogP contribution >= 0.6 is 0 Å². The van der Waals surface area contributed by atoms with Crippen LogP contribution in [0.2, 0.25) is 0 Å². The highest BCUT2D eigenvalue weighted by Crippen LogP contribution is 2.27. The monoisotopic (exact) mass is 260 g/mol. The average molecular weight is 260 g/mol. The molecule has 104 valence electrons. The van der Waals surface area contributed by atoms with E-state index in [0.717, 1.165) is 31.2 Å². The summed E-state index contributed by atoms with van der Waals surface area (Å²) in [5.41, 5.74) is 2.28. The van der Waals surface area contributed by atoms with Crippen LogP contribution in [-0.4, -0.2) is 53.7 Å². The Balaban J connectivity index is 1.49. The molecular formula is C16H24N2O. The van der Waals surface area contributed by atoms with Gasteiger partial charge in [-0.3, -0.25) is 9.80 Å². The third kappa shape index (κ3) is 3.35. The number of aryl methyl sites for hydroxylation is 1. The second-order valence-electron chi connectivity index (χ2n) is 5.99. The molecule has 3 heteroatoms. The Hall–Kier alpha value is -0.900. The van der Waals surface area contributed by atoms with Gasteiger partial charge >= 0.3 is 0 Å². The van der Waals surface area contributed by atoms with Crippen LogP contribution in [0.4, 0.5) is 0 Å². The Morgan fingerprint density at radius 3 is 2.32 bits per heavy atom. The number of aliphatic hydroxyl groups is 1. The molecule has 1 heterocycles. The molecule has 0 radical (unpaired) electrons. The number of β-amino-alcohol motifs (C(OH)–C–C–N with tert-alkyl or cyclic N) is 1. The van der Waals surface area contributed by atoms with Crippen molar-refractivity contribution in [3.63, 3.8) is 0 Å². The van der Waals surface area contributed by atoms with Crippen LogP contribution in [0.5, 0.6) is 0 Å². The van der Waals surface area contributed by atoms with Gasteiger partial charge in [-0.1, -0.05) is 29.8 Å². The largest absolute Gasteiger partial charge is 0.387 e. The van der Waals surface area contributed by atoms with E-state index in [1.807, 2.05) is 12.1 Å². The van der Waals surface area contributed by atoms with Gasteiger partial charge < -0.3 is 5.11 Å². The van der Waals surface area contributed by atoms with E-state index in [4.69, 9.17) is 0 Å². The molecule has 2 fully saturated rings. The fourth-order valence-electron chi connectivity index (χ4n) is 2.89. The first-order chi connectivity index (χ1) is 9.22. The van der Waals surface area contributed by atoms with Gasteiger partial charge in [-0.05, 0) is 25.3 Å². The summed E-state index contributed by atoms with van der Waals surface area (Å²) in [6.07, 6.45) is 2.44. The molecule has 2 aliphatic rings. The van der Waals surface area contributed by atoms with E-state index in [0.29, 0.717) is 0 Å². The van der Waals surface area contributed by atoms with Crippen LogP contribution in [0.25, 0.3) is 0 Å². The van der Waals surface area contributed by atoms with Crippen molar-refractivity contribution in [1.82, 2.24) is 9.80 Å². The average Bonchev–Trinajstić information content (AvgIpc) is 3.25. The molecule has 1 N–H and O–H groups in total. The third-order valence-electron chi connectivity index (χ3n) is 4.36. The van der Waals surface area contributed by atoms with Crippen molar-refractivity contribution in [2.75, 3.05) is 32.7 Å². The Kier molecular flexibility index (Phi) is 3.87. The van der Waals surface area contributed by atoms with Gasteiger partial charge in [0.1, 0.15) is 0 Å². The summed E-state index contributed by atoms with van der Waals surface area (Å²) in [5, 5.41) is 10.3. The van der Waals surface area contributed by atoms with Gasteiger partial charge in [0.15, 0.2) is 0 Å². The lowest BCUT2D eigenvalue weighted by Gasteiger charge is -2.35. The van der Waals surface area contributed by atoms with Crippen LogP contribution in [0, 0.1) is 6.92 Å². The minimum absolute atomic E-state index is 0.354. The van der Waals surface area contributed by atoms with E-state index >= 15 is 0 Å². The smallest absolute Gasteiger partial charge is 0.0916 e. The molecule has 1 atom stereocenters. The first-order valence-corrected chi connectivity index (χ1v) is 7.43. The highest BCUT2D eigenvalue weighted by atomic mass is 16.3. The Morgan fingerprint density at radius 1 is 1.11 bits per heavy atom. The molecule has 1 aliphatic heterocycles. The fraction of sp³-hybridized carbons (Fsp3) is 0.625. The fourth-order valence-corrected chi connectivity index (χ4v) is 2.89. The zero-order valence-corrected chi connectivity index (χ0v) is 11.8. The molecule has 3 rings (SSSR count). The minimum Gasteiger partial charge on any atom is -0.387 e. The summed E-state index contributed by atoms with van der Waals surface area (Å²) in [5.74, 6) is 0. The SMILES string of the molecule is Cc1ccc(C(O)CN2CCN(C3CC3)CC2)cc1. The Morgan fingerprint density at radius 2 is 1.74 bits per heavy atom. The van der Waals surface area contributed by atoms with E-state index in [9.17, 15) is 5.11 Å². The molecule has 3 nitrogen and oxygen atoms in total. The molecule has 1 aliphatic carbocycles. The zero-order valence-electron chi connectivity index (χ0n) is 11.8. The number of benzene rings is 1. The van der Waals surface area contributed by atoms with Crippen molar-refractivity contribution >= 4 is 0 Å². The number of nitrogens with zero attached hydrogens (tertiary/aromatic N) is 2. The summed E-state index contributed by atoms with van der Waals surface area (Å²) < 4.78 is 0. The summed E-state index contributed by atoms with van der Waals surface area (Å²) in [7, 11) is 0. The predicted molar refractivity (Wildman–Crippen MR) is 77.2 cm³/mol.